The molecule has 2 atom stereocenters. The molecule has 0 aliphatic heterocycles. The Morgan fingerprint density at radius 1 is 1.17 bits per heavy atom. The van der Waals surface area contributed by atoms with Crippen LogP contribution in [0.2, 0.25) is 0 Å². The second kappa shape index (κ2) is 9.65. The van der Waals surface area contributed by atoms with E-state index in [0.717, 1.165) is 27.6 Å². The van der Waals surface area contributed by atoms with E-state index in [2.05, 4.69) is 29.1 Å². The van der Waals surface area contributed by atoms with Crippen LogP contribution in [0.25, 0.3) is 11.3 Å². The third-order valence-electron chi connectivity index (χ3n) is 4.68. The minimum Gasteiger partial charge on any atom is -0.480 e. The van der Waals surface area contributed by atoms with E-state index in [9.17, 15) is 4.79 Å². The first kappa shape index (κ1) is 21.0. The predicted molar refractivity (Wildman–Crippen MR) is 117 cm³/mol. The minimum absolute atomic E-state index is 0.128. The second-order valence-electron chi connectivity index (χ2n) is 7.25. The van der Waals surface area contributed by atoms with Crippen molar-refractivity contribution in [1.82, 2.24) is 15.3 Å². The average molecular weight is 410 g/mol. The molecule has 29 heavy (non-hydrogen) atoms. The summed E-state index contributed by atoms with van der Waals surface area (Å²) in [6.45, 7) is 8.14. The van der Waals surface area contributed by atoms with Crippen molar-refractivity contribution in [3.8, 4) is 17.0 Å². The summed E-state index contributed by atoms with van der Waals surface area (Å²) in [5, 5.41) is 5.89. The maximum atomic E-state index is 12.9. The van der Waals surface area contributed by atoms with Gasteiger partial charge in [0.1, 0.15) is 10.8 Å². The number of benzene rings is 1. The number of nitrogens with one attached hydrogen (secondary N) is 1. The van der Waals surface area contributed by atoms with Gasteiger partial charge in [-0.25, -0.2) is 4.98 Å². The fourth-order valence-electron chi connectivity index (χ4n) is 3.04. The number of rotatable bonds is 8. The molecule has 1 aromatic carbocycles. The molecule has 0 bridgehead atoms. The van der Waals surface area contributed by atoms with E-state index in [1.165, 1.54) is 11.3 Å². The Bertz CT molecular complexity index is 940. The third kappa shape index (κ3) is 5.21. The molecular formula is C23H27N3O2S. The highest BCUT2D eigenvalue weighted by Gasteiger charge is 2.23. The van der Waals surface area contributed by atoms with Crippen LogP contribution in [0.4, 0.5) is 0 Å². The van der Waals surface area contributed by atoms with Gasteiger partial charge in [0.25, 0.3) is 5.91 Å². The molecule has 1 amide bonds. The van der Waals surface area contributed by atoms with E-state index in [4.69, 9.17) is 4.74 Å². The molecule has 2 unspecified atom stereocenters. The summed E-state index contributed by atoms with van der Waals surface area (Å²) < 4.78 is 6.09. The number of carbonyl (C=O) groups excluding carboxylic acids is 1. The van der Waals surface area contributed by atoms with Crippen molar-refractivity contribution in [2.24, 2.45) is 0 Å². The molecule has 0 aliphatic carbocycles. The smallest absolute Gasteiger partial charge is 0.261 e. The molecule has 3 aromatic rings. The Kier molecular flexibility index (Phi) is 6.99. The molecule has 0 radical (unpaired) electrons. The van der Waals surface area contributed by atoms with Crippen LogP contribution >= 0.6 is 11.3 Å². The number of aromatic nitrogens is 2. The Hall–Kier alpha value is -2.73. The largest absolute Gasteiger partial charge is 0.480 e. The average Bonchev–Trinajstić information content (AvgIpc) is 3.23. The highest BCUT2D eigenvalue weighted by molar-refractivity contribution is 7.10. The number of hydrogen-bond donors (Lipinski definition) is 1. The third-order valence-corrected chi connectivity index (χ3v) is 5.71. The number of amides is 1. The zero-order valence-corrected chi connectivity index (χ0v) is 18.1. The molecule has 3 rings (SSSR count). The van der Waals surface area contributed by atoms with Gasteiger partial charge < -0.3 is 10.1 Å². The van der Waals surface area contributed by atoms with E-state index in [-0.39, 0.29) is 11.9 Å². The van der Waals surface area contributed by atoms with E-state index < -0.39 is 6.10 Å². The number of ether oxygens (including phenoxy) is 1. The lowest BCUT2D eigenvalue weighted by Crippen LogP contribution is -2.39. The van der Waals surface area contributed by atoms with Crippen molar-refractivity contribution in [3.05, 3.63) is 64.7 Å². The van der Waals surface area contributed by atoms with Gasteiger partial charge in [-0.15, -0.1) is 11.3 Å². The van der Waals surface area contributed by atoms with Crippen molar-refractivity contribution >= 4 is 17.2 Å². The summed E-state index contributed by atoms with van der Waals surface area (Å²) in [4.78, 5) is 21.6. The van der Waals surface area contributed by atoms with Crippen LogP contribution in [-0.2, 0) is 4.79 Å². The summed E-state index contributed by atoms with van der Waals surface area (Å²) in [6.07, 6.45) is 3.57. The summed E-state index contributed by atoms with van der Waals surface area (Å²) in [5.41, 5.74) is 2.94. The fraction of sp³-hybridized carbons (Fsp3) is 0.348. The maximum Gasteiger partial charge on any atom is 0.261 e. The molecule has 5 nitrogen and oxygen atoms in total. The Morgan fingerprint density at radius 3 is 2.66 bits per heavy atom. The SMILES string of the molecule is CCC(Oc1ccccc1C(C)C)C(=O)NC(C)c1nc(-c2cccnc2)cs1. The molecule has 0 spiro atoms. The van der Waals surface area contributed by atoms with Crippen LogP contribution in [-0.4, -0.2) is 22.0 Å². The summed E-state index contributed by atoms with van der Waals surface area (Å²) in [7, 11) is 0. The summed E-state index contributed by atoms with van der Waals surface area (Å²) in [6, 6.07) is 11.6. The van der Waals surface area contributed by atoms with Crippen molar-refractivity contribution in [3.63, 3.8) is 0 Å². The molecule has 152 valence electrons. The molecule has 0 saturated heterocycles. The summed E-state index contributed by atoms with van der Waals surface area (Å²) >= 11 is 1.53. The topological polar surface area (TPSA) is 64.1 Å². The monoisotopic (exact) mass is 409 g/mol. The number of para-hydroxylation sites is 1. The van der Waals surface area contributed by atoms with Crippen LogP contribution in [0.1, 0.15) is 56.6 Å². The Balaban J connectivity index is 1.68. The van der Waals surface area contributed by atoms with Gasteiger partial charge in [-0.1, -0.05) is 39.0 Å². The minimum atomic E-state index is -0.546. The van der Waals surface area contributed by atoms with Gasteiger partial charge in [-0.3, -0.25) is 9.78 Å². The zero-order valence-electron chi connectivity index (χ0n) is 17.3. The molecular weight excluding hydrogens is 382 g/mol. The zero-order chi connectivity index (χ0) is 20.8. The van der Waals surface area contributed by atoms with Crippen molar-refractivity contribution in [2.45, 2.75) is 52.2 Å². The highest BCUT2D eigenvalue weighted by Crippen LogP contribution is 2.28. The lowest BCUT2D eigenvalue weighted by Gasteiger charge is -2.22. The first-order valence-corrected chi connectivity index (χ1v) is 10.8. The number of carbonyl (C=O) groups is 1. The maximum absolute atomic E-state index is 12.9. The van der Waals surface area contributed by atoms with Gasteiger partial charge in [0, 0.05) is 23.3 Å². The molecule has 0 aliphatic rings. The van der Waals surface area contributed by atoms with Gasteiger partial charge in [0.15, 0.2) is 6.10 Å². The molecule has 0 saturated carbocycles. The van der Waals surface area contributed by atoms with Gasteiger partial charge in [-0.2, -0.15) is 0 Å². The normalized spacial score (nSPS) is 13.1. The van der Waals surface area contributed by atoms with E-state index in [0.29, 0.717) is 12.3 Å². The Labute approximate surface area is 176 Å². The molecule has 2 heterocycles. The lowest BCUT2D eigenvalue weighted by atomic mass is 10.0. The fourth-order valence-corrected chi connectivity index (χ4v) is 3.88. The van der Waals surface area contributed by atoms with Crippen LogP contribution in [0.3, 0.4) is 0 Å². The van der Waals surface area contributed by atoms with Crippen LogP contribution < -0.4 is 10.1 Å². The van der Waals surface area contributed by atoms with Crippen molar-refractivity contribution in [2.75, 3.05) is 0 Å². The molecule has 2 aromatic heterocycles. The molecule has 1 N–H and O–H groups in total. The van der Waals surface area contributed by atoms with E-state index in [1.807, 2.05) is 55.6 Å². The quantitative estimate of drug-likeness (QED) is 0.544. The lowest BCUT2D eigenvalue weighted by molar-refractivity contribution is -0.128. The van der Waals surface area contributed by atoms with Crippen LogP contribution in [0.15, 0.2) is 54.2 Å². The predicted octanol–water partition coefficient (Wildman–Crippen LogP) is 5.36. The number of hydrogen-bond acceptors (Lipinski definition) is 5. The first-order chi connectivity index (χ1) is 14.0. The van der Waals surface area contributed by atoms with Crippen LogP contribution in [0, 0.1) is 0 Å². The molecule has 0 fully saturated rings. The first-order valence-electron chi connectivity index (χ1n) is 9.91. The van der Waals surface area contributed by atoms with Crippen LogP contribution in [0.5, 0.6) is 5.75 Å². The number of thiazole rings is 1. The highest BCUT2D eigenvalue weighted by atomic mass is 32.1. The van der Waals surface area contributed by atoms with Gasteiger partial charge >= 0.3 is 0 Å². The van der Waals surface area contributed by atoms with Gasteiger partial charge in [-0.05, 0) is 43.0 Å². The van der Waals surface area contributed by atoms with E-state index in [1.54, 1.807) is 12.4 Å². The van der Waals surface area contributed by atoms with E-state index >= 15 is 0 Å². The number of nitrogens with zero attached hydrogens (tertiary/aromatic N) is 2. The second-order valence-corrected chi connectivity index (χ2v) is 8.14. The number of pyridine rings is 1. The van der Waals surface area contributed by atoms with Gasteiger partial charge in [0.2, 0.25) is 0 Å². The Morgan fingerprint density at radius 2 is 1.97 bits per heavy atom. The summed E-state index contributed by atoms with van der Waals surface area (Å²) in [5.74, 6) is 0.967. The molecule has 6 heteroatoms. The van der Waals surface area contributed by atoms with Gasteiger partial charge in [0.05, 0.1) is 11.7 Å². The van der Waals surface area contributed by atoms with Crippen molar-refractivity contribution in [1.29, 1.82) is 0 Å². The van der Waals surface area contributed by atoms with Crippen molar-refractivity contribution < 1.29 is 9.53 Å². The standard InChI is InChI=1S/C23H27N3O2S/c1-5-20(28-21-11-7-6-10-18(21)15(2)3)22(27)25-16(4)23-26-19(14-29-23)17-9-8-12-24-13-17/h6-16,20H,5H2,1-4H3,(H,25,27).